The van der Waals surface area contributed by atoms with Crippen LogP contribution in [0.3, 0.4) is 0 Å². The molecule has 0 saturated heterocycles. The van der Waals surface area contributed by atoms with Crippen molar-refractivity contribution in [3.63, 3.8) is 0 Å². The summed E-state index contributed by atoms with van der Waals surface area (Å²) in [6.07, 6.45) is 2.61. The quantitative estimate of drug-likeness (QED) is 0.302. The Morgan fingerprint density at radius 1 is 0.763 bits per heavy atom. The SMILES string of the molecule is CC[Si](CC)(c1cc(C)cc(C(C)(C)C)c1OC(C)(C)C)C1CC2c3ccccc3-c3ccccc3C2C1. The minimum absolute atomic E-state index is 0.0323. The van der Waals surface area contributed by atoms with Crippen molar-refractivity contribution in [1.82, 2.24) is 0 Å². The Morgan fingerprint density at radius 2 is 1.26 bits per heavy atom. The van der Waals surface area contributed by atoms with E-state index in [4.69, 9.17) is 4.74 Å². The lowest BCUT2D eigenvalue weighted by atomic mass is 9.73. The van der Waals surface area contributed by atoms with Gasteiger partial charge in [-0.1, -0.05) is 113 Å². The van der Waals surface area contributed by atoms with Gasteiger partial charge in [-0.05, 0) is 96.3 Å². The van der Waals surface area contributed by atoms with Crippen LogP contribution in [0.5, 0.6) is 5.75 Å². The Bertz CT molecular complexity index is 1260. The average molecular weight is 525 g/mol. The Labute approximate surface area is 233 Å². The lowest BCUT2D eigenvalue weighted by Gasteiger charge is -2.41. The number of rotatable bonds is 5. The van der Waals surface area contributed by atoms with E-state index in [9.17, 15) is 0 Å². The zero-order chi connectivity index (χ0) is 27.5. The van der Waals surface area contributed by atoms with Crippen LogP contribution in [0.25, 0.3) is 11.1 Å². The van der Waals surface area contributed by atoms with Gasteiger partial charge in [0.15, 0.2) is 0 Å². The van der Waals surface area contributed by atoms with Crippen molar-refractivity contribution in [1.29, 1.82) is 0 Å². The number of fused-ring (bicyclic) bond motifs is 6. The topological polar surface area (TPSA) is 9.23 Å². The van der Waals surface area contributed by atoms with Crippen LogP contribution in [-0.2, 0) is 5.41 Å². The van der Waals surface area contributed by atoms with E-state index in [2.05, 4.69) is 123 Å². The number of hydrogen-bond acceptors (Lipinski definition) is 1. The van der Waals surface area contributed by atoms with Gasteiger partial charge in [-0.15, -0.1) is 0 Å². The van der Waals surface area contributed by atoms with Gasteiger partial charge in [0.1, 0.15) is 11.4 Å². The van der Waals surface area contributed by atoms with Crippen molar-refractivity contribution in [2.75, 3.05) is 0 Å². The lowest BCUT2D eigenvalue weighted by molar-refractivity contribution is 0.129. The van der Waals surface area contributed by atoms with Crippen LogP contribution in [0.4, 0.5) is 0 Å². The first-order chi connectivity index (χ1) is 17.9. The monoisotopic (exact) mass is 524 g/mol. The number of aryl methyl sites for hydroxylation is 1. The molecule has 2 atom stereocenters. The van der Waals surface area contributed by atoms with Gasteiger partial charge < -0.3 is 4.74 Å². The molecule has 1 saturated carbocycles. The summed E-state index contributed by atoms with van der Waals surface area (Å²) < 4.78 is 6.98. The first-order valence-corrected chi connectivity index (χ1v) is 17.4. The van der Waals surface area contributed by atoms with Crippen molar-refractivity contribution in [2.45, 2.75) is 116 Å². The van der Waals surface area contributed by atoms with Crippen LogP contribution in [0.1, 0.15) is 102 Å². The van der Waals surface area contributed by atoms with E-state index in [1.807, 2.05) is 0 Å². The molecule has 5 rings (SSSR count). The highest BCUT2D eigenvalue weighted by Crippen LogP contribution is 2.61. The van der Waals surface area contributed by atoms with Gasteiger partial charge in [0.2, 0.25) is 0 Å². The zero-order valence-electron chi connectivity index (χ0n) is 25.2. The van der Waals surface area contributed by atoms with E-state index in [1.165, 1.54) is 52.9 Å². The lowest BCUT2D eigenvalue weighted by Crippen LogP contribution is -2.52. The zero-order valence-corrected chi connectivity index (χ0v) is 26.2. The van der Waals surface area contributed by atoms with Gasteiger partial charge in [0.05, 0.1) is 8.07 Å². The molecular formula is C36H48OSi. The third-order valence-corrected chi connectivity index (χ3v) is 15.6. The van der Waals surface area contributed by atoms with Gasteiger partial charge in [-0.25, -0.2) is 0 Å². The highest BCUT2D eigenvalue weighted by atomic mass is 28.3. The normalized spacial score (nSPS) is 21.0. The molecule has 3 aromatic rings. The van der Waals surface area contributed by atoms with Gasteiger partial charge in [0, 0.05) is 0 Å². The van der Waals surface area contributed by atoms with E-state index in [0.717, 1.165) is 5.54 Å². The van der Waals surface area contributed by atoms with Crippen molar-refractivity contribution < 1.29 is 4.74 Å². The van der Waals surface area contributed by atoms with Gasteiger partial charge >= 0.3 is 0 Å². The molecule has 0 amide bonds. The fourth-order valence-corrected chi connectivity index (χ4v) is 13.3. The highest BCUT2D eigenvalue weighted by molar-refractivity contribution is 6.93. The molecule has 0 aromatic heterocycles. The summed E-state index contributed by atoms with van der Waals surface area (Å²) >= 11 is 0. The summed E-state index contributed by atoms with van der Waals surface area (Å²) in [5.74, 6) is 2.45. The maximum atomic E-state index is 6.98. The fourth-order valence-electron chi connectivity index (χ4n) is 7.85. The van der Waals surface area contributed by atoms with Crippen LogP contribution in [-0.4, -0.2) is 13.7 Å². The van der Waals surface area contributed by atoms with Crippen molar-refractivity contribution in [3.05, 3.63) is 82.9 Å². The summed E-state index contributed by atoms with van der Waals surface area (Å²) in [6.45, 7) is 20.9. The van der Waals surface area contributed by atoms with Crippen LogP contribution < -0.4 is 9.92 Å². The molecule has 0 N–H and O–H groups in total. The number of hydrogen-bond donors (Lipinski definition) is 0. The molecule has 0 bridgehead atoms. The summed E-state index contributed by atoms with van der Waals surface area (Å²) in [7, 11) is -1.93. The van der Waals surface area contributed by atoms with E-state index in [1.54, 1.807) is 16.3 Å². The minimum atomic E-state index is -1.93. The van der Waals surface area contributed by atoms with Gasteiger partial charge in [0.25, 0.3) is 0 Å². The third-order valence-electron chi connectivity index (χ3n) is 9.60. The molecule has 0 heterocycles. The van der Waals surface area contributed by atoms with Crippen LogP contribution in [0.15, 0.2) is 60.7 Å². The first kappa shape index (κ1) is 27.3. The summed E-state index contributed by atoms with van der Waals surface area (Å²) in [5.41, 5.74) is 9.41. The second kappa shape index (κ2) is 9.70. The average Bonchev–Trinajstić information content (AvgIpc) is 3.31. The third kappa shape index (κ3) is 4.57. The van der Waals surface area contributed by atoms with E-state index < -0.39 is 8.07 Å². The molecule has 1 nitrogen and oxygen atoms in total. The Morgan fingerprint density at radius 3 is 1.71 bits per heavy atom. The van der Waals surface area contributed by atoms with Crippen LogP contribution >= 0.6 is 0 Å². The Hall–Kier alpha value is -2.32. The highest BCUT2D eigenvalue weighted by Gasteiger charge is 2.51. The van der Waals surface area contributed by atoms with Gasteiger partial charge in [-0.2, -0.15) is 0 Å². The molecular weight excluding hydrogens is 476 g/mol. The molecule has 3 aromatic carbocycles. The Balaban J connectivity index is 1.68. The molecule has 2 aliphatic carbocycles. The van der Waals surface area contributed by atoms with E-state index in [0.29, 0.717) is 11.8 Å². The summed E-state index contributed by atoms with van der Waals surface area (Å²) in [5, 5.41) is 1.59. The molecule has 1 fully saturated rings. The minimum Gasteiger partial charge on any atom is -0.488 e. The standard InChI is InChI=1S/C36H48OSi/c1-10-38(11-2,33-21-24(3)20-32(35(4,5)6)34(33)37-36(7,8)9)25-22-30-28-18-14-12-16-26(28)27-17-13-15-19-29(27)31(30)23-25/h12-21,25,30-31H,10-11,22-23H2,1-9H3. The molecule has 38 heavy (non-hydrogen) atoms. The van der Waals surface area contributed by atoms with Crippen LogP contribution in [0.2, 0.25) is 17.6 Å². The molecule has 0 radical (unpaired) electrons. The Kier molecular flexibility index (Phi) is 6.96. The number of ether oxygens (including phenoxy) is 1. The predicted octanol–water partition coefficient (Wildman–Crippen LogP) is 9.88. The van der Waals surface area contributed by atoms with Crippen LogP contribution in [0, 0.1) is 6.92 Å². The smallest absolute Gasteiger partial charge is 0.123 e. The van der Waals surface area contributed by atoms with Crippen molar-refractivity contribution in [3.8, 4) is 16.9 Å². The second-order valence-corrected chi connectivity index (χ2v) is 19.2. The second-order valence-electron chi connectivity index (χ2n) is 14.1. The van der Waals surface area contributed by atoms with Gasteiger partial charge in [-0.3, -0.25) is 0 Å². The molecule has 2 unspecified atom stereocenters. The fraction of sp³-hybridized carbons (Fsp3) is 0.500. The maximum absolute atomic E-state index is 6.98. The summed E-state index contributed by atoms with van der Waals surface area (Å²) in [4.78, 5) is 0. The number of benzene rings is 3. The first-order valence-electron chi connectivity index (χ1n) is 14.9. The largest absolute Gasteiger partial charge is 0.488 e. The molecule has 0 aliphatic heterocycles. The molecule has 2 aliphatic rings. The van der Waals surface area contributed by atoms with Crippen molar-refractivity contribution in [2.24, 2.45) is 0 Å². The summed E-state index contributed by atoms with van der Waals surface area (Å²) in [6, 6.07) is 26.0. The maximum Gasteiger partial charge on any atom is 0.123 e. The molecule has 0 spiro atoms. The van der Waals surface area contributed by atoms with E-state index >= 15 is 0 Å². The van der Waals surface area contributed by atoms with Crippen molar-refractivity contribution >= 4 is 13.3 Å². The molecule has 2 heteroatoms. The van der Waals surface area contributed by atoms with E-state index in [-0.39, 0.29) is 11.0 Å². The molecule has 202 valence electrons. The predicted molar refractivity (Wildman–Crippen MR) is 167 cm³/mol.